The number of carbonyl (C=O) groups is 2. The predicted molar refractivity (Wildman–Crippen MR) is 82.8 cm³/mol. The van der Waals surface area contributed by atoms with Crippen LogP contribution in [0.1, 0.15) is 13.3 Å². The first-order valence-corrected chi connectivity index (χ1v) is 8.02. The van der Waals surface area contributed by atoms with Crippen molar-refractivity contribution in [1.82, 2.24) is 0 Å². The molecule has 0 radical (unpaired) electrons. The molecule has 19 heavy (non-hydrogen) atoms. The highest BCUT2D eigenvalue weighted by molar-refractivity contribution is 9.10. The van der Waals surface area contributed by atoms with Crippen molar-refractivity contribution in [3.8, 4) is 0 Å². The highest BCUT2D eigenvalue weighted by Crippen LogP contribution is 2.34. The predicted octanol–water partition coefficient (Wildman–Crippen LogP) is 3.74. The van der Waals surface area contributed by atoms with Gasteiger partial charge in [0.25, 0.3) is 0 Å². The lowest BCUT2D eigenvalue weighted by Gasteiger charge is -2.18. The van der Waals surface area contributed by atoms with Crippen LogP contribution >= 0.6 is 39.3 Å². The third-order valence-corrected chi connectivity index (χ3v) is 4.88. The lowest BCUT2D eigenvalue weighted by molar-refractivity contribution is -0.117. The van der Waals surface area contributed by atoms with Gasteiger partial charge in [-0.1, -0.05) is 23.4 Å². The Morgan fingerprint density at radius 3 is 3.00 bits per heavy atom. The highest BCUT2D eigenvalue weighted by Gasteiger charge is 2.31. The Kier molecular flexibility index (Phi) is 4.92. The molecule has 1 heterocycles. The molecule has 1 saturated heterocycles. The van der Waals surface area contributed by atoms with Crippen LogP contribution in [0.4, 0.5) is 5.69 Å². The van der Waals surface area contributed by atoms with E-state index in [0.717, 1.165) is 10.2 Å². The van der Waals surface area contributed by atoms with E-state index in [9.17, 15) is 9.59 Å². The molecule has 0 saturated carbocycles. The molecule has 0 aliphatic carbocycles. The molecule has 0 N–H and O–H groups in total. The molecule has 1 amide bonds. The van der Waals surface area contributed by atoms with Crippen molar-refractivity contribution in [2.24, 2.45) is 5.92 Å². The quantitative estimate of drug-likeness (QED) is 0.822. The Labute approximate surface area is 129 Å². The number of amides is 1. The summed E-state index contributed by atoms with van der Waals surface area (Å²) in [7, 11) is 0. The van der Waals surface area contributed by atoms with Gasteiger partial charge in [0.2, 0.25) is 5.91 Å². The Balaban J connectivity index is 2.11. The van der Waals surface area contributed by atoms with E-state index in [1.807, 2.05) is 6.07 Å². The van der Waals surface area contributed by atoms with Crippen LogP contribution in [0.3, 0.4) is 0 Å². The normalized spacial score (nSPS) is 19.0. The maximum absolute atomic E-state index is 12.1. The number of thioether (sulfide) groups is 1. The fourth-order valence-corrected chi connectivity index (χ4v) is 3.37. The number of benzene rings is 1. The van der Waals surface area contributed by atoms with Gasteiger partial charge < -0.3 is 4.90 Å². The number of nitrogens with zero attached hydrogens (tertiary/aromatic N) is 1. The van der Waals surface area contributed by atoms with E-state index in [-0.39, 0.29) is 16.9 Å². The summed E-state index contributed by atoms with van der Waals surface area (Å²) in [6.45, 7) is 2.19. The third-order valence-electron chi connectivity index (χ3n) is 2.93. The molecule has 0 bridgehead atoms. The van der Waals surface area contributed by atoms with Gasteiger partial charge in [-0.15, -0.1) is 0 Å². The fraction of sp³-hybridized carbons (Fsp3) is 0.385. The summed E-state index contributed by atoms with van der Waals surface area (Å²) in [4.78, 5) is 24.8. The average Bonchev–Trinajstić information content (AvgIpc) is 2.71. The average molecular weight is 363 g/mol. The van der Waals surface area contributed by atoms with Crippen LogP contribution in [-0.2, 0) is 9.59 Å². The van der Waals surface area contributed by atoms with E-state index >= 15 is 0 Å². The van der Waals surface area contributed by atoms with E-state index < -0.39 is 0 Å². The van der Waals surface area contributed by atoms with Crippen LogP contribution in [0.25, 0.3) is 0 Å². The van der Waals surface area contributed by atoms with Gasteiger partial charge in [0, 0.05) is 35.1 Å². The molecule has 3 nitrogen and oxygen atoms in total. The third kappa shape index (κ3) is 3.74. The summed E-state index contributed by atoms with van der Waals surface area (Å²) in [5.41, 5.74) is 0.799. The van der Waals surface area contributed by atoms with Crippen molar-refractivity contribution in [2.45, 2.75) is 13.3 Å². The lowest BCUT2D eigenvalue weighted by Crippen LogP contribution is -2.25. The maximum atomic E-state index is 12.1. The molecule has 1 fully saturated rings. The van der Waals surface area contributed by atoms with Crippen molar-refractivity contribution >= 4 is 56.0 Å². The monoisotopic (exact) mass is 361 g/mol. The zero-order valence-corrected chi connectivity index (χ0v) is 13.5. The zero-order chi connectivity index (χ0) is 14.0. The van der Waals surface area contributed by atoms with Crippen LogP contribution in [0.5, 0.6) is 0 Å². The van der Waals surface area contributed by atoms with Gasteiger partial charge in [0.1, 0.15) is 0 Å². The molecular weight excluding hydrogens is 350 g/mol. The van der Waals surface area contributed by atoms with Gasteiger partial charge in [-0.3, -0.25) is 9.59 Å². The van der Waals surface area contributed by atoms with E-state index in [4.69, 9.17) is 11.6 Å². The standard InChI is InChI=1S/C13H13BrClNO2S/c1-8(17)19-7-9-4-13(18)16(6-9)12-5-10(15)2-3-11(12)14/h2-3,5,9H,4,6-7H2,1H3. The number of carbonyl (C=O) groups excluding carboxylic acids is 2. The van der Waals surface area contributed by atoms with E-state index in [1.165, 1.54) is 11.8 Å². The summed E-state index contributed by atoms with van der Waals surface area (Å²) in [5.74, 6) is 0.986. The molecule has 0 aromatic heterocycles. The lowest BCUT2D eigenvalue weighted by atomic mass is 10.1. The minimum Gasteiger partial charge on any atom is -0.311 e. The summed E-state index contributed by atoms with van der Waals surface area (Å²) < 4.78 is 0.852. The molecule has 1 aromatic rings. The molecule has 102 valence electrons. The number of hydrogen-bond donors (Lipinski definition) is 0. The summed E-state index contributed by atoms with van der Waals surface area (Å²) in [6.07, 6.45) is 0.485. The Bertz CT molecular complexity index is 523. The largest absolute Gasteiger partial charge is 0.311 e. The van der Waals surface area contributed by atoms with Crippen molar-refractivity contribution in [2.75, 3.05) is 17.2 Å². The first kappa shape index (κ1) is 14.9. The van der Waals surface area contributed by atoms with Crippen molar-refractivity contribution < 1.29 is 9.59 Å². The number of rotatable bonds is 3. The van der Waals surface area contributed by atoms with Crippen molar-refractivity contribution in [3.63, 3.8) is 0 Å². The molecule has 6 heteroatoms. The summed E-state index contributed by atoms with van der Waals surface area (Å²) in [6, 6.07) is 5.39. The second-order valence-electron chi connectivity index (χ2n) is 4.47. The molecule has 1 aliphatic heterocycles. The van der Waals surface area contributed by atoms with E-state index in [0.29, 0.717) is 23.7 Å². The Morgan fingerprint density at radius 2 is 2.32 bits per heavy atom. The first-order valence-electron chi connectivity index (χ1n) is 5.86. The van der Waals surface area contributed by atoms with Crippen molar-refractivity contribution in [3.05, 3.63) is 27.7 Å². The zero-order valence-electron chi connectivity index (χ0n) is 10.4. The summed E-state index contributed by atoms with van der Waals surface area (Å²) in [5, 5.41) is 0.697. The summed E-state index contributed by atoms with van der Waals surface area (Å²) >= 11 is 10.7. The Hall–Kier alpha value is -0.520. The number of anilines is 1. The fourth-order valence-electron chi connectivity index (χ4n) is 2.05. The number of hydrogen-bond acceptors (Lipinski definition) is 3. The molecule has 1 unspecified atom stereocenters. The van der Waals surface area contributed by atoms with Crippen LogP contribution in [-0.4, -0.2) is 23.3 Å². The molecule has 1 aromatic carbocycles. The van der Waals surface area contributed by atoms with Crippen LogP contribution < -0.4 is 4.90 Å². The number of halogens is 2. The highest BCUT2D eigenvalue weighted by atomic mass is 79.9. The topological polar surface area (TPSA) is 37.4 Å². The molecule has 0 spiro atoms. The van der Waals surface area contributed by atoms with Gasteiger partial charge >= 0.3 is 0 Å². The molecular formula is C13H13BrClNO2S. The molecule has 2 rings (SSSR count). The van der Waals surface area contributed by atoms with E-state index in [2.05, 4.69) is 15.9 Å². The van der Waals surface area contributed by atoms with Crippen LogP contribution in [0.2, 0.25) is 5.02 Å². The second kappa shape index (κ2) is 6.29. The minimum absolute atomic E-state index is 0.0807. The van der Waals surface area contributed by atoms with Crippen LogP contribution in [0.15, 0.2) is 22.7 Å². The molecule has 1 atom stereocenters. The van der Waals surface area contributed by atoms with Gasteiger partial charge in [0.05, 0.1) is 5.69 Å². The SMILES string of the molecule is CC(=O)SCC1CC(=O)N(c2cc(Cl)ccc2Br)C1. The minimum atomic E-state index is 0.0807. The molecule has 1 aliphatic rings. The van der Waals surface area contributed by atoms with E-state index in [1.54, 1.807) is 24.0 Å². The maximum Gasteiger partial charge on any atom is 0.227 e. The van der Waals surface area contributed by atoms with Crippen molar-refractivity contribution in [1.29, 1.82) is 0 Å². The van der Waals surface area contributed by atoms with Gasteiger partial charge in [0.15, 0.2) is 5.12 Å². The van der Waals surface area contributed by atoms with Gasteiger partial charge in [-0.2, -0.15) is 0 Å². The van der Waals surface area contributed by atoms with Gasteiger partial charge in [-0.25, -0.2) is 0 Å². The van der Waals surface area contributed by atoms with Crippen LogP contribution in [0, 0.1) is 5.92 Å². The van der Waals surface area contributed by atoms with Gasteiger partial charge in [-0.05, 0) is 40.0 Å². The smallest absolute Gasteiger partial charge is 0.227 e. The second-order valence-corrected chi connectivity index (χ2v) is 6.96. The Morgan fingerprint density at radius 1 is 1.58 bits per heavy atom. The first-order chi connectivity index (χ1) is 8.97.